The van der Waals surface area contributed by atoms with Gasteiger partial charge in [0.2, 0.25) is 0 Å². The van der Waals surface area contributed by atoms with Crippen LogP contribution in [0, 0.1) is 18.8 Å². The van der Waals surface area contributed by atoms with E-state index in [0.29, 0.717) is 17.8 Å². The third kappa shape index (κ3) is 3.88. The Kier molecular flexibility index (Phi) is 5.02. The van der Waals surface area contributed by atoms with E-state index in [0.717, 1.165) is 11.1 Å². The summed E-state index contributed by atoms with van der Waals surface area (Å²) in [5, 5.41) is 11.4. The lowest BCUT2D eigenvalue weighted by atomic mass is 10.0. The van der Waals surface area contributed by atoms with Crippen LogP contribution in [0.3, 0.4) is 0 Å². The Hall–Kier alpha value is -2.71. The fourth-order valence-electron chi connectivity index (χ4n) is 1.78. The molecule has 0 aliphatic heterocycles. The van der Waals surface area contributed by atoms with E-state index >= 15 is 0 Å². The first-order valence-electron chi connectivity index (χ1n) is 6.49. The van der Waals surface area contributed by atoms with Gasteiger partial charge in [0.05, 0.1) is 12.8 Å². The number of aliphatic hydroxyl groups excluding tert-OH is 1. The van der Waals surface area contributed by atoms with Crippen molar-refractivity contribution in [3.05, 3.63) is 53.5 Å². The first-order valence-corrected chi connectivity index (χ1v) is 6.49. The molecule has 2 aromatic rings. The van der Waals surface area contributed by atoms with Crippen LogP contribution in [0.2, 0.25) is 0 Å². The van der Waals surface area contributed by atoms with E-state index in [-0.39, 0.29) is 12.5 Å². The average Bonchev–Trinajstić information content (AvgIpc) is 2.50. The number of nitrogens with zero attached hydrogens (tertiary/aromatic N) is 2. The second-order valence-corrected chi connectivity index (χ2v) is 4.30. The number of rotatable bonds is 3. The number of hydrogen-bond donors (Lipinski definition) is 2. The highest BCUT2D eigenvalue weighted by molar-refractivity contribution is 6.05. The van der Waals surface area contributed by atoms with Crippen molar-refractivity contribution in [2.45, 2.75) is 13.3 Å². The van der Waals surface area contributed by atoms with Crippen LogP contribution >= 0.6 is 0 Å². The predicted molar refractivity (Wildman–Crippen MR) is 79.7 cm³/mol. The molecule has 0 radical (unpaired) electrons. The van der Waals surface area contributed by atoms with E-state index in [1.807, 2.05) is 13.0 Å². The van der Waals surface area contributed by atoms with Crippen LogP contribution in [-0.2, 0) is 0 Å². The Bertz CT molecular complexity index is 688. The first-order chi connectivity index (χ1) is 10.2. The van der Waals surface area contributed by atoms with Gasteiger partial charge >= 0.3 is 0 Å². The summed E-state index contributed by atoms with van der Waals surface area (Å²) >= 11 is 0. The lowest BCUT2D eigenvalue weighted by molar-refractivity contribution is 0.102. The zero-order valence-corrected chi connectivity index (χ0v) is 11.6. The van der Waals surface area contributed by atoms with Crippen molar-refractivity contribution < 1.29 is 9.90 Å². The van der Waals surface area contributed by atoms with Crippen LogP contribution in [0.1, 0.15) is 27.9 Å². The molecule has 0 unspecified atom stereocenters. The molecule has 0 saturated carbocycles. The zero-order chi connectivity index (χ0) is 15.1. The van der Waals surface area contributed by atoms with Crippen molar-refractivity contribution in [1.29, 1.82) is 0 Å². The molecular formula is C16H15N3O2. The second-order valence-electron chi connectivity index (χ2n) is 4.30. The molecular weight excluding hydrogens is 266 g/mol. The number of aliphatic hydroxyl groups is 1. The van der Waals surface area contributed by atoms with E-state index in [9.17, 15) is 4.79 Å². The normalized spacial score (nSPS) is 9.62. The zero-order valence-electron chi connectivity index (χ0n) is 11.6. The number of carbonyl (C=O) groups excluding carboxylic acids is 1. The number of hydrogen-bond acceptors (Lipinski definition) is 4. The number of nitrogens with one attached hydrogen (secondary N) is 1. The summed E-state index contributed by atoms with van der Waals surface area (Å²) < 4.78 is 0. The molecule has 1 aromatic heterocycles. The summed E-state index contributed by atoms with van der Waals surface area (Å²) in [6.45, 7) is 1.87. The van der Waals surface area contributed by atoms with Crippen LogP contribution < -0.4 is 5.32 Å². The summed E-state index contributed by atoms with van der Waals surface area (Å²) in [6.07, 6.45) is 4.95. The first kappa shape index (κ1) is 14.7. The highest BCUT2D eigenvalue weighted by Crippen LogP contribution is 2.14. The van der Waals surface area contributed by atoms with Crippen LogP contribution in [0.5, 0.6) is 0 Å². The molecule has 0 aliphatic carbocycles. The van der Waals surface area contributed by atoms with Crippen LogP contribution in [0.25, 0.3) is 0 Å². The quantitative estimate of drug-likeness (QED) is 0.841. The maximum absolute atomic E-state index is 12.3. The van der Waals surface area contributed by atoms with Crippen molar-refractivity contribution in [2.24, 2.45) is 0 Å². The molecule has 0 aliphatic rings. The Morgan fingerprint density at radius 3 is 2.95 bits per heavy atom. The van der Waals surface area contributed by atoms with Gasteiger partial charge in [-0.15, -0.1) is 0 Å². The molecule has 1 heterocycles. The third-order valence-corrected chi connectivity index (χ3v) is 2.84. The Labute approximate surface area is 123 Å². The molecule has 1 amide bonds. The van der Waals surface area contributed by atoms with Crippen LogP contribution in [0.15, 0.2) is 36.8 Å². The smallest absolute Gasteiger partial charge is 0.257 e. The van der Waals surface area contributed by atoms with E-state index in [2.05, 4.69) is 27.1 Å². The van der Waals surface area contributed by atoms with E-state index < -0.39 is 0 Å². The SMILES string of the molecule is Cc1c(C#CCCO)cccc1C(=O)Nc1cnccn1. The van der Waals surface area contributed by atoms with Crippen molar-refractivity contribution >= 4 is 11.7 Å². The van der Waals surface area contributed by atoms with Gasteiger partial charge in [0.15, 0.2) is 5.82 Å². The lowest BCUT2D eigenvalue weighted by Gasteiger charge is -2.08. The summed E-state index contributed by atoms with van der Waals surface area (Å²) in [5.41, 5.74) is 2.11. The van der Waals surface area contributed by atoms with Gasteiger partial charge < -0.3 is 10.4 Å². The van der Waals surface area contributed by atoms with Crippen molar-refractivity contribution in [2.75, 3.05) is 11.9 Å². The molecule has 5 nitrogen and oxygen atoms in total. The second kappa shape index (κ2) is 7.17. The number of benzene rings is 1. The molecule has 1 aromatic carbocycles. The summed E-state index contributed by atoms with van der Waals surface area (Å²) in [7, 11) is 0. The number of anilines is 1. The molecule has 2 rings (SSSR count). The predicted octanol–water partition coefficient (Wildman–Crippen LogP) is 1.77. The molecule has 0 fully saturated rings. The van der Waals surface area contributed by atoms with Crippen molar-refractivity contribution in [3.63, 3.8) is 0 Å². The molecule has 106 valence electrons. The molecule has 0 saturated heterocycles. The number of amides is 1. The summed E-state index contributed by atoms with van der Waals surface area (Å²) in [5.74, 6) is 5.96. The van der Waals surface area contributed by atoms with Gasteiger partial charge in [0, 0.05) is 29.9 Å². The van der Waals surface area contributed by atoms with Gasteiger partial charge in [0.1, 0.15) is 0 Å². The van der Waals surface area contributed by atoms with E-state index in [1.165, 1.54) is 18.6 Å². The Balaban J connectivity index is 2.22. The largest absolute Gasteiger partial charge is 0.395 e. The highest BCUT2D eigenvalue weighted by Gasteiger charge is 2.11. The Morgan fingerprint density at radius 2 is 2.24 bits per heavy atom. The molecule has 0 atom stereocenters. The molecule has 0 bridgehead atoms. The summed E-state index contributed by atoms with van der Waals surface area (Å²) in [4.78, 5) is 20.2. The fourth-order valence-corrected chi connectivity index (χ4v) is 1.78. The summed E-state index contributed by atoms with van der Waals surface area (Å²) in [6, 6.07) is 5.36. The lowest BCUT2D eigenvalue weighted by Crippen LogP contribution is -2.14. The fraction of sp³-hybridized carbons (Fsp3) is 0.188. The minimum absolute atomic E-state index is 0.0267. The third-order valence-electron chi connectivity index (χ3n) is 2.84. The van der Waals surface area contributed by atoms with Crippen molar-refractivity contribution in [3.8, 4) is 11.8 Å². The van der Waals surface area contributed by atoms with Gasteiger partial charge in [0.25, 0.3) is 5.91 Å². The highest BCUT2D eigenvalue weighted by atomic mass is 16.2. The number of aromatic nitrogens is 2. The van der Waals surface area contributed by atoms with Gasteiger partial charge in [-0.1, -0.05) is 17.9 Å². The van der Waals surface area contributed by atoms with Crippen LogP contribution in [-0.4, -0.2) is 27.6 Å². The molecule has 2 N–H and O–H groups in total. The van der Waals surface area contributed by atoms with Gasteiger partial charge in [-0.05, 0) is 24.6 Å². The minimum atomic E-state index is -0.251. The minimum Gasteiger partial charge on any atom is -0.395 e. The van der Waals surface area contributed by atoms with Gasteiger partial charge in [-0.3, -0.25) is 9.78 Å². The van der Waals surface area contributed by atoms with Gasteiger partial charge in [-0.2, -0.15) is 0 Å². The Morgan fingerprint density at radius 1 is 1.38 bits per heavy atom. The average molecular weight is 281 g/mol. The molecule has 21 heavy (non-hydrogen) atoms. The maximum Gasteiger partial charge on any atom is 0.257 e. The maximum atomic E-state index is 12.3. The van der Waals surface area contributed by atoms with Gasteiger partial charge in [-0.25, -0.2) is 4.98 Å². The van der Waals surface area contributed by atoms with Crippen molar-refractivity contribution in [1.82, 2.24) is 9.97 Å². The van der Waals surface area contributed by atoms with E-state index in [4.69, 9.17) is 5.11 Å². The molecule has 0 spiro atoms. The number of carbonyl (C=O) groups is 1. The standard InChI is InChI=1S/C16H15N3O2/c1-12-13(5-2-3-10-20)6-4-7-14(12)16(21)19-15-11-17-8-9-18-15/h4,6-9,11,20H,3,10H2,1H3,(H,18,19,21). The van der Waals surface area contributed by atoms with Crippen LogP contribution in [0.4, 0.5) is 5.82 Å². The topological polar surface area (TPSA) is 75.1 Å². The molecule has 5 heteroatoms. The van der Waals surface area contributed by atoms with E-state index in [1.54, 1.807) is 12.1 Å². The monoisotopic (exact) mass is 281 g/mol.